The molecule has 2 aromatic carbocycles. The largest absolute Gasteiger partial charge is 0.483 e. The molecule has 1 fully saturated rings. The number of hydrogen-bond acceptors (Lipinski definition) is 4. The van der Waals surface area contributed by atoms with Gasteiger partial charge in [0.1, 0.15) is 11.3 Å². The molecule has 5 nitrogen and oxygen atoms in total. The maximum absolute atomic E-state index is 12.5. The Kier molecular flexibility index (Phi) is 4.44. The van der Waals surface area contributed by atoms with Gasteiger partial charge in [0.15, 0.2) is 6.61 Å². The van der Waals surface area contributed by atoms with E-state index >= 15 is 0 Å². The summed E-state index contributed by atoms with van der Waals surface area (Å²) in [6.07, 6.45) is 0.952. The lowest BCUT2D eigenvalue weighted by Gasteiger charge is -2.17. The topological polar surface area (TPSA) is 59.8 Å². The minimum Gasteiger partial charge on any atom is -0.483 e. The highest BCUT2D eigenvalue weighted by molar-refractivity contribution is 5.84. The number of carbonyl (C=O) groups is 1. The molecule has 132 valence electrons. The molecular formula is C21H19NO4. The highest BCUT2D eigenvalue weighted by Crippen LogP contribution is 2.27. The number of hydrogen-bond donors (Lipinski definition) is 0. The molecule has 1 amide bonds. The van der Waals surface area contributed by atoms with E-state index in [-0.39, 0.29) is 12.5 Å². The molecular weight excluding hydrogens is 330 g/mol. The summed E-state index contributed by atoms with van der Waals surface area (Å²) in [5.41, 5.74) is 1.22. The van der Waals surface area contributed by atoms with Gasteiger partial charge in [-0.3, -0.25) is 4.79 Å². The second kappa shape index (κ2) is 7.04. The van der Waals surface area contributed by atoms with E-state index in [1.54, 1.807) is 18.2 Å². The van der Waals surface area contributed by atoms with Gasteiger partial charge in [-0.15, -0.1) is 0 Å². The van der Waals surface area contributed by atoms with Crippen molar-refractivity contribution in [1.82, 2.24) is 4.90 Å². The van der Waals surface area contributed by atoms with E-state index in [2.05, 4.69) is 12.1 Å². The monoisotopic (exact) mass is 349 g/mol. The Morgan fingerprint density at radius 2 is 1.88 bits per heavy atom. The third kappa shape index (κ3) is 3.33. The molecule has 1 aromatic heterocycles. The molecule has 1 atom stereocenters. The van der Waals surface area contributed by atoms with Crippen LogP contribution in [0.2, 0.25) is 0 Å². The summed E-state index contributed by atoms with van der Waals surface area (Å²) in [5.74, 6) is 0.675. The Bertz CT molecular complexity index is 980. The standard InChI is InChI=1S/C21H19NO4/c23-20(22-11-10-16(13-22)15-6-2-1-3-7-15)14-25-19-12-21(24)26-18-9-5-4-8-17(18)19/h1-9,12,16H,10-11,13-14H2/t16-/m1/s1. The number of para-hydroxylation sites is 1. The molecule has 0 radical (unpaired) electrons. The predicted octanol–water partition coefficient (Wildman–Crippen LogP) is 3.19. The normalized spacial score (nSPS) is 16.8. The van der Waals surface area contributed by atoms with Crippen molar-refractivity contribution < 1.29 is 13.9 Å². The SMILES string of the molecule is O=C(COc1cc(=O)oc2ccccc12)N1CC[C@@H](c2ccccc2)C1. The Balaban J connectivity index is 1.43. The lowest BCUT2D eigenvalue weighted by atomic mass is 9.99. The third-order valence-electron chi connectivity index (χ3n) is 4.78. The number of carbonyl (C=O) groups excluding carboxylic acids is 1. The maximum atomic E-state index is 12.5. The van der Waals surface area contributed by atoms with E-state index in [0.29, 0.717) is 29.2 Å². The number of rotatable bonds is 4. The highest BCUT2D eigenvalue weighted by Gasteiger charge is 2.27. The second-order valence-corrected chi connectivity index (χ2v) is 6.45. The van der Waals surface area contributed by atoms with Crippen LogP contribution in [0.3, 0.4) is 0 Å². The van der Waals surface area contributed by atoms with E-state index in [1.807, 2.05) is 29.2 Å². The van der Waals surface area contributed by atoms with Crippen LogP contribution in [0.4, 0.5) is 0 Å². The van der Waals surface area contributed by atoms with Gasteiger partial charge in [-0.25, -0.2) is 4.79 Å². The molecule has 0 unspecified atom stereocenters. The Labute approximate surface area is 150 Å². The highest BCUT2D eigenvalue weighted by atomic mass is 16.5. The summed E-state index contributed by atoms with van der Waals surface area (Å²) < 4.78 is 10.8. The van der Waals surface area contributed by atoms with Crippen molar-refractivity contribution >= 4 is 16.9 Å². The van der Waals surface area contributed by atoms with Gasteiger partial charge in [-0.1, -0.05) is 42.5 Å². The molecule has 2 heterocycles. The maximum Gasteiger partial charge on any atom is 0.339 e. The smallest absolute Gasteiger partial charge is 0.339 e. The number of likely N-dealkylation sites (tertiary alicyclic amines) is 1. The van der Waals surface area contributed by atoms with Gasteiger partial charge >= 0.3 is 5.63 Å². The summed E-state index contributed by atoms with van der Waals surface area (Å²) in [4.78, 5) is 26.0. The number of benzene rings is 2. The van der Waals surface area contributed by atoms with Crippen LogP contribution in [-0.4, -0.2) is 30.5 Å². The van der Waals surface area contributed by atoms with Gasteiger partial charge in [0.2, 0.25) is 0 Å². The van der Waals surface area contributed by atoms with Crippen LogP contribution >= 0.6 is 0 Å². The fourth-order valence-electron chi connectivity index (χ4n) is 3.42. The minimum absolute atomic E-state index is 0.0687. The Morgan fingerprint density at radius 1 is 1.12 bits per heavy atom. The molecule has 3 aromatic rings. The van der Waals surface area contributed by atoms with Crippen molar-refractivity contribution in [2.24, 2.45) is 0 Å². The number of fused-ring (bicyclic) bond motifs is 1. The predicted molar refractivity (Wildman–Crippen MR) is 98.4 cm³/mol. The first kappa shape index (κ1) is 16.4. The van der Waals surface area contributed by atoms with Gasteiger partial charge in [0.25, 0.3) is 5.91 Å². The van der Waals surface area contributed by atoms with E-state index in [9.17, 15) is 9.59 Å². The lowest BCUT2D eigenvalue weighted by molar-refractivity contribution is -0.132. The van der Waals surface area contributed by atoms with E-state index < -0.39 is 5.63 Å². The fourth-order valence-corrected chi connectivity index (χ4v) is 3.42. The van der Waals surface area contributed by atoms with Crippen molar-refractivity contribution in [2.45, 2.75) is 12.3 Å². The van der Waals surface area contributed by atoms with Crippen molar-refractivity contribution in [1.29, 1.82) is 0 Å². The summed E-state index contributed by atoms with van der Waals surface area (Å²) in [6.45, 7) is 1.33. The molecule has 0 spiro atoms. The van der Waals surface area contributed by atoms with E-state index in [0.717, 1.165) is 13.0 Å². The quantitative estimate of drug-likeness (QED) is 0.679. The van der Waals surface area contributed by atoms with Gasteiger partial charge < -0.3 is 14.1 Å². The van der Waals surface area contributed by atoms with Crippen LogP contribution in [0, 0.1) is 0 Å². The first-order chi connectivity index (χ1) is 12.7. The van der Waals surface area contributed by atoms with E-state index in [4.69, 9.17) is 9.15 Å². The summed E-state index contributed by atoms with van der Waals surface area (Å²) in [6, 6.07) is 18.7. The molecule has 0 bridgehead atoms. The zero-order valence-electron chi connectivity index (χ0n) is 14.3. The van der Waals surface area contributed by atoms with Gasteiger partial charge in [0.05, 0.1) is 11.5 Å². The molecule has 1 saturated heterocycles. The lowest BCUT2D eigenvalue weighted by Crippen LogP contribution is -2.33. The van der Waals surface area contributed by atoms with Crippen LogP contribution in [0.5, 0.6) is 5.75 Å². The zero-order chi connectivity index (χ0) is 17.9. The molecule has 1 aliphatic heterocycles. The van der Waals surface area contributed by atoms with Crippen LogP contribution < -0.4 is 10.4 Å². The first-order valence-corrected chi connectivity index (χ1v) is 8.69. The molecule has 0 N–H and O–H groups in total. The summed E-state index contributed by atoms with van der Waals surface area (Å²) in [5, 5.41) is 0.684. The van der Waals surface area contributed by atoms with Crippen molar-refractivity contribution in [3.8, 4) is 5.75 Å². The summed E-state index contributed by atoms with van der Waals surface area (Å²) >= 11 is 0. The van der Waals surface area contributed by atoms with Crippen LogP contribution in [0.1, 0.15) is 17.9 Å². The molecule has 5 heteroatoms. The average molecular weight is 349 g/mol. The Hall–Kier alpha value is -3.08. The first-order valence-electron chi connectivity index (χ1n) is 8.69. The molecule has 4 rings (SSSR count). The van der Waals surface area contributed by atoms with E-state index in [1.165, 1.54) is 11.6 Å². The zero-order valence-corrected chi connectivity index (χ0v) is 14.3. The molecule has 0 aliphatic carbocycles. The second-order valence-electron chi connectivity index (χ2n) is 6.45. The fraction of sp³-hybridized carbons (Fsp3) is 0.238. The molecule has 1 aliphatic rings. The minimum atomic E-state index is -0.489. The van der Waals surface area contributed by atoms with Crippen LogP contribution in [-0.2, 0) is 4.79 Å². The van der Waals surface area contributed by atoms with Gasteiger partial charge in [-0.2, -0.15) is 0 Å². The Morgan fingerprint density at radius 3 is 2.73 bits per heavy atom. The van der Waals surface area contributed by atoms with Gasteiger partial charge in [0, 0.05) is 19.0 Å². The van der Waals surface area contributed by atoms with Crippen molar-refractivity contribution in [2.75, 3.05) is 19.7 Å². The van der Waals surface area contributed by atoms with Crippen molar-refractivity contribution in [3.05, 3.63) is 76.6 Å². The van der Waals surface area contributed by atoms with Crippen molar-refractivity contribution in [3.63, 3.8) is 0 Å². The average Bonchev–Trinajstić information content (AvgIpc) is 3.17. The number of nitrogens with zero attached hydrogens (tertiary/aromatic N) is 1. The third-order valence-corrected chi connectivity index (χ3v) is 4.78. The summed E-state index contributed by atoms with van der Waals surface area (Å²) in [7, 11) is 0. The van der Waals surface area contributed by atoms with Crippen LogP contribution in [0.25, 0.3) is 11.0 Å². The number of ether oxygens (including phenoxy) is 1. The molecule has 0 saturated carbocycles. The molecule has 26 heavy (non-hydrogen) atoms. The van der Waals surface area contributed by atoms with Gasteiger partial charge in [-0.05, 0) is 24.1 Å². The van der Waals surface area contributed by atoms with Crippen LogP contribution in [0.15, 0.2) is 69.9 Å². The number of amides is 1.